The van der Waals surface area contributed by atoms with Gasteiger partial charge in [-0.15, -0.1) is 0 Å². The van der Waals surface area contributed by atoms with Crippen LogP contribution in [0.4, 0.5) is 0 Å². The van der Waals surface area contributed by atoms with Crippen LogP contribution in [0.15, 0.2) is 35.2 Å². The van der Waals surface area contributed by atoms with Crippen LogP contribution in [0.2, 0.25) is 0 Å². The number of rotatable bonds is 7. The third-order valence-electron chi connectivity index (χ3n) is 3.21. The summed E-state index contributed by atoms with van der Waals surface area (Å²) in [6, 6.07) is 4.29. The SMILES string of the molecule is CCCn1ccnc1CC(NCC)c1ccc(Br)cn1. The van der Waals surface area contributed by atoms with Crippen molar-refractivity contribution >= 4 is 15.9 Å². The van der Waals surface area contributed by atoms with Gasteiger partial charge in [-0.25, -0.2) is 4.98 Å². The molecule has 0 aliphatic heterocycles. The van der Waals surface area contributed by atoms with E-state index in [0.717, 1.165) is 41.9 Å². The van der Waals surface area contributed by atoms with Crippen LogP contribution in [0.1, 0.15) is 37.8 Å². The summed E-state index contributed by atoms with van der Waals surface area (Å²) in [4.78, 5) is 8.99. The topological polar surface area (TPSA) is 42.7 Å². The number of pyridine rings is 1. The highest BCUT2D eigenvalue weighted by Gasteiger charge is 2.15. The molecule has 2 rings (SSSR count). The van der Waals surface area contributed by atoms with Crippen molar-refractivity contribution in [2.45, 2.75) is 39.3 Å². The summed E-state index contributed by atoms with van der Waals surface area (Å²) >= 11 is 3.43. The first kappa shape index (κ1) is 15.2. The zero-order valence-corrected chi connectivity index (χ0v) is 13.6. The first-order valence-corrected chi connectivity index (χ1v) is 7.88. The number of aryl methyl sites for hydroxylation is 1. The molecule has 1 N–H and O–H groups in total. The summed E-state index contributed by atoms with van der Waals surface area (Å²) in [6.45, 7) is 6.23. The van der Waals surface area contributed by atoms with Crippen molar-refractivity contribution in [3.63, 3.8) is 0 Å². The number of nitrogens with one attached hydrogen (secondary N) is 1. The summed E-state index contributed by atoms with van der Waals surface area (Å²) in [5.74, 6) is 1.11. The maximum absolute atomic E-state index is 4.51. The van der Waals surface area contributed by atoms with Crippen LogP contribution >= 0.6 is 15.9 Å². The molecule has 0 saturated heterocycles. The quantitative estimate of drug-likeness (QED) is 0.843. The summed E-state index contributed by atoms with van der Waals surface area (Å²) in [6.07, 6.45) is 7.75. The van der Waals surface area contributed by atoms with Gasteiger partial charge in [-0.3, -0.25) is 4.98 Å². The van der Waals surface area contributed by atoms with Crippen molar-refractivity contribution in [1.82, 2.24) is 19.9 Å². The number of nitrogens with zero attached hydrogens (tertiary/aromatic N) is 3. The lowest BCUT2D eigenvalue weighted by Crippen LogP contribution is -2.25. The highest BCUT2D eigenvalue weighted by atomic mass is 79.9. The Morgan fingerprint density at radius 2 is 2.15 bits per heavy atom. The molecule has 2 aromatic rings. The van der Waals surface area contributed by atoms with Crippen molar-refractivity contribution in [2.24, 2.45) is 0 Å². The van der Waals surface area contributed by atoms with Crippen LogP contribution in [0, 0.1) is 0 Å². The van der Waals surface area contributed by atoms with Crippen LogP contribution in [0.25, 0.3) is 0 Å². The van der Waals surface area contributed by atoms with Crippen molar-refractivity contribution in [1.29, 1.82) is 0 Å². The second-order valence-corrected chi connectivity index (χ2v) is 5.67. The molecule has 0 saturated carbocycles. The van der Waals surface area contributed by atoms with Gasteiger partial charge in [0, 0.05) is 36.0 Å². The second-order valence-electron chi connectivity index (χ2n) is 4.75. The maximum Gasteiger partial charge on any atom is 0.110 e. The van der Waals surface area contributed by atoms with Gasteiger partial charge in [-0.1, -0.05) is 13.8 Å². The Morgan fingerprint density at radius 1 is 1.30 bits per heavy atom. The third-order valence-corrected chi connectivity index (χ3v) is 3.68. The Kier molecular flexibility index (Phi) is 5.73. The van der Waals surface area contributed by atoms with Crippen LogP contribution in [0.3, 0.4) is 0 Å². The number of halogens is 1. The van der Waals surface area contributed by atoms with E-state index in [-0.39, 0.29) is 6.04 Å². The van der Waals surface area contributed by atoms with Crippen molar-refractivity contribution in [3.8, 4) is 0 Å². The van der Waals surface area contributed by atoms with Crippen LogP contribution in [-0.4, -0.2) is 21.1 Å². The van der Waals surface area contributed by atoms with E-state index >= 15 is 0 Å². The standard InChI is InChI=1S/C15H21BrN4/c1-3-8-20-9-7-18-15(20)10-14(17-4-2)13-6-5-12(16)11-19-13/h5-7,9,11,14,17H,3-4,8,10H2,1-2H3. The maximum atomic E-state index is 4.51. The molecular weight excluding hydrogens is 316 g/mol. The molecule has 4 nitrogen and oxygen atoms in total. The molecular formula is C15H21BrN4. The van der Waals surface area contributed by atoms with Crippen molar-refractivity contribution in [2.75, 3.05) is 6.54 Å². The first-order valence-electron chi connectivity index (χ1n) is 7.09. The fourth-order valence-corrected chi connectivity index (χ4v) is 2.51. The monoisotopic (exact) mass is 336 g/mol. The minimum Gasteiger partial charge on any atom is -0.335 e. The smallest absolute Gasteiger partial charge is 0.110 e. The van der Waals surface area contributed by atoms with Crippen molar-refractivity contribution in [3.05, 3.63) is 46.7 Å². The van der Waals surface area contributed by atoms with E-state index in [0.29, 0.717) is 0 Å². The summed E-state index contributed by atoms with van der Waals surface area (Å²) in [5.41, 5.74) is 1.06. The minimum atomic E-state index is 0.200. The van der Waals surface area contributed by atoms with Crippen molar-refractivity contribution < 1.29 is 0 Å². The molecule has 1 unspecified atom stereocenters. The number of hydrogen-bond acceptors (Lipinski definition) is 3. The lowest BCUT2D eigenvalue weighted by Gasteiger charge is -2.18. The predicted octanol–water partition coefficient (Wildman–Crippen LogP) is 3.34. The van der Waals surface area contributed by atoms with Gasteiger partial charge in [0.1, 0.15) is 5.82 Å². The molecule has 0 bridgehead atoms. The Labute approximate surface area is 128 Å². The number of imidazole rings is 1. The zero-order valence-electron chi connectivity index (χ0n) is 12.0. The Bertz CT molecular complexity index is 521. The highest BCUT2D eigenvalue weighted by Crippen LogP contribution is 2.18. The average Bonchev–Trinajstić information content (AvgIpc) is 2.87. The van der Waals surface area contributed by atoms with E-state index in [1.165, 1.54) is 0 Å². The van der Waals surface area contributed by atoms with E-state index in [1.54, 1.807) is 0 Å². The molecule has 0 spiro atoms. The molecule has 0 aliphatic rings. The third kappa shape index (κ3) is 3.90. The number of aromatic nitrogens is 3. The molecule has 0 amide bonds. The van der Waals surface area contributed by atoms with E-state index in [2.05, 4.69) is 61.9 Å². The van der Waals surface area contributed by atoms with Gasteiger partial charge in [0.2, 0.25) is 0 Å². The molecule has 0 aromatic carbocycles. The summed E-state index contributed by atoms with van der Waals surface area (Å²) in [5, 5.41) is 3.49. The van der Waals surface area contributed by atoms with Crippen LogP contribution < -0.4 is 5.32 Å². The molecule has 0 radical (unpaired) electrons. The molecule has 0 fully saturated rings. The average molecular weight is 337 g/mol. The molecule has 108 valence electrons. The fourth-order valence-electron chi connectivity index (χ4n) is 2.28. The van der Waals surface area contributed by atoms with Gasteiger partial charge in [0.15, 0.2) is 0 Å². The van der Waals surface area contributed by atoms with E-state index in [4.69, 9.17) is 0 Å². The van der Waals surface area contributed by atoms with E-state index in [9.17, 15) is 0 Å². The number of likely N-dealkylation sites (N-methyl/N-ethyl adjacent to an activating group) is 1. The second kappa shape index (κ2) is 7.55. The van der Waals surface area contributed by atoms with Crippen LogP contribution in [-0.2, 0) is 13.0 Å². The molecule has 20 heavy (non-hydrogen) atoms. The Balaban J connectivity index is 2.16. The van der Waals surface area contributed by atoms with Gasteiger partial charge in [-0.05, 0) is 41.0 Å². The van der Waals surface area contributed by atoms with Gasteiger partial charge in [-0.2, -0.15) is 0 Å². The predicted molar refractivity (Wildman–Crippen MR) is 84.6 cm³/mol. The van der Waals surface area contributed by atoms with E-state index in [1.807, 2.05) is 18.5 Å². The molecule has 2 heterocycles. The van der Waals surface area contributed by atoms with Gasteiger partial charge in [0.05, 0.1) is 11.7 Å². The zero-order chi connectivity index (χ0) is 14.4. The summed E-state index contributed by atoms with van der Waals surface area (Å²) in [7, 11) is 0. The Morgan fingerprint density at radius 3 is 2.80 bits per heavy atom. The largest absolute Gasteiger partial charge is 0.335 e. The fraction of sp³-hybridized carbons (Fsp3) is 0.467. The Hall–Kier alpha value is -1.20. The van der Waals surface area contributed by atoms with Gasteiger partial charge >= 0.3 is 0 Å². The molecule has 2 aromatic heterocycles. The lowest BCUT2D eigenvalue weighted by atomic mass is 10.1. The van der Waals surface area contributed by atoms with Gasteiger partial charge < -0.3 is 9.88 Å². The molecule has 5 heteroatoms. The van der Waals surface area contributed by atoms with Crippen LogP contribution in [0.5, 0.6) is 0 Å². The molecule has 0 aliphatic carbocycles. The summed E-state index contributed by atoms with van der Waals surface area (Å²) < 4.78 is 3.23. The first-order chi connectivity index (χ1) is 9.74. The van der Waals surface area contributed by atoms with Gasteiger partial charge in [0.25, 0.3) is 0 Å². The minimum absolute atomic E-state index is 0.200. The normalized spacial score (nSPS) is 12.6. The lowest BCUT2D eigenvalue weighted by molar-refractivity contribution is 0.506. The number of hydrogen-bond donors (Lipinski definition) is 1. The molecule has 1 atom stereocenters. The van der Waals surface area contributed by atoms with E-state index < -0.39 is 0 Å². The highest BCUT2D eigenvalue weighted by molar-refractivity contribution is 9.10.